The van der Waals surface area contributed by atoms with Crippen molar-refractivity contribution in [2.75, 3.05) is 13.6 Å². The molecule has 0 saturated heterocycles. The molecule has 0 atom stereocenters. The summed E-state index contributed by atoms with van der Waals surface area (Å²) in [4.78, 5) is 8.51. The predicted octanol–water partition coefficient (Wildman–Crippen LogP) is 3.52. The number of nitrogens with zero attached hydrogens (tertiary/aromatic N) is 3. The highest BCUT2D eigenvalue weighted by atomic mass is 15.2. The standard InChI is InChI=1S/C22H27N5/c1-22(2,19-10-5-4-6-11-19)16-26-21(23-3)25-15-18-9-7-8-12-20(18)27-14-13-24-17-27/h4-14,17H,15-16H2,1-3H3,(H2,23,25,26). The fraction of sp³-hybridized carbons (Fsp3) is 0.273. The Balaban J connectivity index is 1.62. The molecule has 0 saturated carbocycles. The van der Waals surface area contributed by atoms with Crippen LogP contribution in [0.15, 0.2) is 78.3 Å². The van der Waals surface area contributed by atoms with Crippen molar-refractivity contribution in [1.29, 1.82) is 0 Å². The van der Waals surface area contributed by atoms with Crippen LogP contribution >= 0.6 is 0 Å². The number of aliphatic imine (C=N–C) groups is 1. The topological polar surface area (TPSA) is 54.2 Å². The third kappa shape index (κ3) is 4.76. The summed E-state index contributed by atoms with van der Waals surface area (Å²) in [6, 6.07) is 18.8. The largest absolute Gasteiger partial charge is 0.356 e. The van der Waals surface area contributed by atoms with E-state index in [0.717, 1.165) is 18.2 Å². The Morgan fingerprint density at radius 1 is 1.04 bits per heavy atom. The summed E-state index contributed by atoms with van der Waals surface area (Å²) in [6.07, 6.45) is 5.55. The summed E-state index contributed by atoms with van der Waals surface area (Å²) in [6.45, 7) is 5.94. The van der Waals surface area contributed by atoms with Crippen molar-refractivity contribution in [2.45, 2.75) is 25.8 Å². The van der Waals surface area contributed by atoms with Gasteiger partial charge >= 0.3 is 0 Å². The first-order valence-corrected chi connectivity index (χ1v) is 9.16. The molecule has 0 fully saturated rings. The molecule has 0 amide bonds. The first-order valence-electron chi connectivity index (χ1n) is 9.16. The van der Waals surface area contributed by atoms with E-state index in [2.05, 4.69) is 70.9 Å². The lowest BCUT2D eigenvalue weighted by Gasteiger charge is -2.27. The van der Waals surface area contributed by atoms with Crippen LogP contribution in [0.5, 0.6) is 0 Å². The van der Waals surface area contributed by atoms with Crippen molar-refractivity contribution in [3.05, 3.63) is 84.4 Å². The highest BCUT2D eigenvalue weighted by Gasteiger charge is 2.20. The van der Waals surface area contributed by atoms with Crippen molar-refractivity contribution in [2.24, 2.45) is 4.99 Å². The van der Waals surface area contributed by atoms with Gasteiger partial charge in [-0.25, -0.2) is 4.98 Å². The zero-order valence-electron chi connectivity index (χ0n) is 16.2. The van der Waals surface area contributed by atoms with Crippen LogP contribution in [0.1, 0.15) is 25.0 Å². The number of hydrogen-bond donors (Lipinski definition) is 2. The van der Waals surface area contributed by atoms with Crippen LogP contribution in [0.3, 0.4) is 0 Å². The van der Waals surface area contributed by atoms with Crippen molar-refractivity contribution in [1.82, 2.24) is 20.2 Å². The highest BCUT2D eigenvalue weighted by molar-refractivity contribution is 5.79. The molecule has 2 N–H and O–H groups in total. The number of guanidine groups is 1. The molecule has 0 aliphatic carbocycles. The summed E-state index contributed by atoms with van der Waals surface area (Å²) in [5, 5.41) is 6.87. The second-order valence-electron chi connectivity index (χ2n) is 7.13. The highest BCUT2D eigenvalue weighted by Crippen LogP contribution is 2.21. The second-order valence-corrected chi connectivity index (χ2v) is 7.13. The maximum absolute atomic E-state index is 4.37. The molecular formula is C22H27N5. The fourth-order valence-corrected chi connectivity index (χ4v) is 3.01. The number of nitrogens with one attached hydrogen (secondary N) is 2. The van der Waals surface area contributed by atoms with E-state index in [0.29, 0.717) is 6.54 Å². The number of rotatable bonds is 6. The Kier molecular flexibility index (Phi) is 5.91. The van der Waals surface area contributed by atoms with Gasteiger partial charge in [0.2, 0.25) is 0 Å². The zero-order valence-corrected chi connectivity index (χ0v) is 16.2. The van der Waals surface area contributed by atoms with E-state index >= 15 is 0 Å². The van der Waals surface area contributed by atoms with Crippen LogP contribution in [0.2, 0.25) is 0 Å². The van der Waals surface area contributed by atoms with Gasteiger partial charge in [0.25, 0.3) is 0 Å². The lowest BCUT2D eigenvalue weighted by molar-refractivity contribution is 0.508. The summed E-state index contributed by atoms with van der Waals surface area (Å²) in [7, 11) is 1.80. The second kappa shape index (κ2) is 8.54. The summed E-state index contributed by atoms with van der Waals surface area (Å²) < 4.78 is 2.02. The van der Waals surface area contributed by atoms with E-state index in [4.69, 9.17) is 0 Å². The van der Waals surface area contributed by atoms with Crippen LogP contribution < -0.4 is 10.6 Å². The Morgan fingerprint density at radius 2 is 1.78 bits per heavy atom. The number of hydrogen-bond acceptors (Lipinski definition) is 2. The molecule has 0 unspecified atom stereocenters. The predicted molar refractivity (Wildman–Crippen MR) is 111 cm³/mol. The minimum Gasteiger partial charge on any atom is -0.356 e. The van der Waals surface area contributed by atoms with Crippen LogP contribution in [0.25, 0.3) is 5.69 Å². The van der Waals surface area contributed by atoms with E-state index in [1.54, 1.807) is 13.2 Å². The maximum atomic E-state index is 4.37. The summed E-state index contributed by atoms with van der Waals surface area (Å²) in [5.41, 5.74) is 3.61. The van der Waals surface area contributed by atoms with E-state index in [1.807, 2.05) is 35.3 Å². The monoisotopic (exact) mass is 361 g/mol. The molecule has 1 aromatic heterocycles. The minimum atomic E-state index is 0.00754. The number of imidazole rings is 1. The Hall–Kier alpha value is -3.08. The average molecular weight is 361 g/mol. The Labute approximate surface area is 161 Å². The SMILES string of the molecule is CN=C(NCc1ccccc1-n1ccnc1)NCC(C)(C)c1ccccc1. The molecule has 3 rings (SSSR count). The van der Waals surface area contributed by atoms with Crippen LogP contribution in [-0.2, 0) is 12.0 Å². The summed E-state index contributed by atoms with van der Waals surface area (Å²) >= 11 is 0. The van der Waals surface area contributed by atoms with Gasteiger partial charge in [0.05, 0.1) is 12.0 Å². The molecule has 140 valence electrons. The molecule has 27 heavy (non-hydrogen) atoms. The van der Waals surface area contributed by atoms with Crippen molar-refractivity contribution >= 4 is 5.96 Å². The molecule has 3 aromatic rings. The molecule has 0 radical (unpaired) electrons. The molecule has 0 spiro atoms. The first kappa shape index (κ1) is 18.7. The van der Waals surface area contributed by atoms with Crippen LogP contribution in [0.4, 0.5) is 0 Å². The maximum Gasteiger partial charge on any atom is 0.191 e. The Bertz CT molecular complexity index is 867. The van der Waals surface area contributed by atoms with Crippen molar-refractivity contribution in [3.8, 4) is 5.69 Å². The summed E-state index contributed by atoms with van der Waals surface area (Å²) in [5.74, 6) is 0.791. The average Bonchev–Trinajstić information content (AvgIpc) is 3.24. The van der Waals surface area contributed by atoms with Crippen molar-refractivity contribution in [3.63, 3.8) is 0 Å². The molecule has 0 aliphatic heterocycles. The van der Waals surface area contributed by atoms with E-state index < -0.39 is 0 Å². The van der Waals surface area contributed by atoms with Gasteiger partial charge in [0.15, 0.2) is 5.96 Å². The van der Waals surface area contributed by atoms with Crippen LogP contribution in [-0.4, -0.2) is 29.1 Å². The van der Waals surface area contributed by atoms with Gasteiger partial charge in [-0.2, -0.15) is 0 Å². The van der Waals surface area contributed by atoms with E-state index in [9.17, 15) is 0 Å². The molecule has 2 aromatic carbocycles. The van der Waals surface area contributed by atoms with Gasteiger partial charge in [0.1, 0.15) is 0 Å². The van der Waals surface area contributed by atoms with Crippen molar-refractivity contribution < 1.29 is 0 Å². The molecule has 5 nitrogen and oxygen atoms in total. The minimum absolute atomic E-state index is 0.00754. The third-order valence-electron chi connectivity index (χ3n) is 4.70. The lowest BCUT2D eigenvalue weighted by atomic mass is 9.85. The Morgan fingerprint density at radius 3 is 2.48 bits per heavy atom. The lowest BCUT2D eigenvalue weighted by Crippen LogP contribution is -2.43. The number of aromatic nitrogens is 2. The van der Waals surface area contributed by atoms with Crippen LogP contribution in [0, 0.1) is 0 Å². The zero-order chi connectivity index (χ0) is 19.1. The van der Waals surface area contributed by atoms with Gasteiger partial charge in [-0.3, -0.25) is 4.99 Å². The third-order valence-corrected chi connectivity index (χ3v) is 4.70. The quantitative estimate of drug-likeness (QED) is 0.522. The van der Waals surface area contributed by atoms with Gasteiger partial charge < -0.3 is 15.2 Å². The van der Waals surface area contributed by atoms with Gasteiger partial charge in [-0.05, 0) is 17.2 Å². The molecule has 0 bridgehead atoms. The first-order chi connectivity index (χ1) is 13.1. The van der Waals surface area contributed by atoms with E-state index in [1.165, 1.54) is 11.1 Å². The molecule has 5 heteroatoms. The smallest absolute Gasteiger partial charge is 0.191 e. The van der Waals surface area contributed by atoms with Gasteiger partial charge in [0, 0.05) is 37.9 Å². The fourth-order valence-electron chi connectivity index (χ4n) is 3.01. The van der Waals surface area contributed by atoms with Gasteiger partial charge in [-0.15, -0.1) is 0 Å². The molecule has 0 aliphatic rings. The number of benzene rings is 2. The number of para-hydroxylation sites is 1. The van der Waals surface area contributed by atoms with Gasteiger partial charge in [-0.1, -0.05) is 62.4 Å². The normalized spacial score (nSPS) is 12.0. The van der Waals surface area contributed by atoms with E-state index in [-0.39, 0.29) is 5.41 Å². The molecule has 1 heterocycles. The molecular weight excluding hydrogens is 334 g/mol.